The molecule has 1 saturated heterocycles. The Labute approximate surface area is 84.7 Å². The summed E-state index contributed by atoms with van der Waals surface area (Å²) in [6.07, 6.45) is -0.207. The van der Waals surface area contributed by atoms with Crippen molar-refractivity contribution in [3.63, 3.8) is 0 Å². The van der Waals surface area contributed by atoms with Gasteiger partial charge in [0.15, 0.2) is 0 Å². The molecule has 0 aromatic carbocycles. The van der Waals surface area contributed by atoms with Gasteiger partial charge in [-0.2, -0.15) is 0 Å². The predicted octanol–water partition coefficient (Wildman–Crippen LogP) is -1.17. The van der Waals surface area contributed by atoms with Crippen molar-refractivity contribution in [3.8, 4) is 0 Å². The average Bonchev–Trinajstić information content (AvgIpc) is 2.16. The van der Waals surface area contributed by atoms with Crippen LogP contribution < -0.4 is 5.32 Å². The first-order valence-electron chi connectivity index (χ1n) is 4.35. The second kappa shape index (κ2) is 4.26. The monoisotopic (exact) mass is 217 g/mol. The van der Waals surface area contributed by atoms with Crippen LogP contribution in [0.2, 0.25) is 0 Å². The first-order valence-corrected chi connectivity index (χ1v) is 4.35. The minimum atomic E-state index is -1.27. The summed E-state index contributed by atoms with van der Waals surface area (Å²) in [4.78, 5) is 32.0. The Kier molecular flexibility index (Phi) is 3.25. The summed E-state index contributed by atoms with van der Waals surface area (Å²) < 4.78 is 0. The third-order valence-corrected chi connectivity index (χ3v) is 2.49. The minimum absolute atomic E-state index is 0.136. The van der Waals surface area contributed by atoms with Gasteiger partial charge in [-0.15, -0.1) is 0 Å². The highest BCUT2D eigenvalue weighted by molar-refractivity contribution is 5.82. The van der Waals surface area contributed by atoms with Crippen LogP contribution in [0.3, 0.4) is 0 Å². The number of hydrogen-bond donors (Lipinski definition) is 4. The van der Waals surface area contributed by atoms with Gasteiger partial charge in [-0.1, -0.05) is 0 Å². The van der Waals surface area contributed by atoms with E-state index in [2.05, 4.69) is 5.32 Å². The van der Waals surface area contributed by atoms with Crippen LogP contribution in [0.4, 0.5) is 0 Å². The number of nitrogens with one attached hydrogen (secondary N) is 1. The quantitative estimate of drug-likeness (QED) is 0.469. The lowest BCUT2D eigenvalue weighted by molar-refractivity contribution is -0.157. The summed E-state index contributed by atoms with van der Waals surface area (Å²) in [5.74, 6) is -5.87. The fourth-order valence-corrected chi connectivity index (χ4v) is 1.63. The zero-order valence-electron chi connectivity index (χ0n) is 7.71. The summed E-state index contributed by atoms with van der Waals surface area (Å²) in [7, 11) is 0. The lowest BCUT2D eigenvalue weighted by atomic mass is 9.83. The maximum Gasteiger partial charge on any atom is 0.320 e. The largest absolute Gasteiger partial charge is 0.481 e. The van der Waals surface area contributed by atoms with E-state index in [1.807, 2.05) is 0 Å². The molecule has 1 aliphatic rings. The molecule has 0 aliphatic carbocycles. The van der Waals surface area contributed by atoms with Crippen molar-refractivity contribution in [2.24, 2.45) is 11.8 Å². The summed E-state index contributed by atoms with van der Waals surface area (Å²) >= 11 is 0. The highest BCUT2D eigenvalue weighted by Crippen LogP contribution is 2.23. The molecule has 0 unspecified atom stereocenters. The molecule has 0 aromatic heterocycles. The topological polar surface area (TPSA) is 124 Å². The summed E-state index contributed by atoms with van der Waals surface area (Å²) in [5, 5.41) is 28.7. The molecule has 4 N–H and O–H groups in total. The predicted molar refractivity (Wildman–Crippen MR) is 46.3 cm³/mol. The molecule has 15 heavy (non-hydrogen) atoms. The number of carbonyl (C=O) groups is 3. The number of carboxylic acids is 3. The summed E-state index contributed by atoms with van der Waals surface area (Å²) in [6.45, 7) is -0.136. The molecule has 7 nitrogen and oxygen atoms in total. The van der Waals surface area contributed by atoms with Gasteiger partial charge in [0, 0.05) is 6.54 Å². The zero-order chi connectivity index (χ0) is 11.6. The van der Waals surface area contributed by atoms with Crippen LogP contribution in [-0.4, -0.2) is 45.8 Å². The Hall–Kier alpha value is -1.63. The maximum atomic E-state index is 10.8. The van der Waals surface area contributed by atoms with E-state index in [0.29, 0.717) is 0 Å². The number of hydrogen-bond acceptors (Lipinski definition) is 4. The van der Waals surface area contributed by atoms with E-state index < -0.39 is 35.8 Å². The van der Waals surface area contributed by atoms with Crippen LogP contribution in [0.5, 0.6) is 0 Å². The van der Waals surface area contributed by atoms with Gasteiger partial charge in [-0.05, 0) is 6.42 Å². The molecule has 0 bridgehead atoms. The Morgan fingerprint density at radius 1 is 0.933 bits per heavy atom. The minimum Gasteiger partial charge on any atom is -0.481 e. The van der Waals surface area contributed by atoms with Crippen LogP contribution in [0.1, 0.15) is 6.42 Å². The SMILES string of the molecule is O=C(O)[C@H]1CN[C@@H](C(=O)O)C[C@H]1C(=O)O. The molecule has 1 fully saturated rings. The summed E-state index contributed by atoms with van der Waals surface area (Å²) in [6, 6.07) is -0.985. The van der Waals surface area contributed by atoms with Crippen molar-refractivity contribution in [2.75, 3.05) is 6.54 Å². The Bertz CT molecular complexity index is 302. The zero-order valence-corrected chi connectivity index (χ0v) is 7.71. The molecular weight excluding hydrogens is 206 g/mol. The third-order valence-electron chi connectivity index (χ3n) is 2.49. The molecule has 3 atom stereocenters. The van der Waals surface area contributed by atoms with Crippen molar-refractivity contribution in [1.29, 1.82) is 0 Å². The van der Waals surface area contributed by atoms with Crippen LogP contribution in [0.25, 0.3) is 0 Å². The van der Waals surface area contributed by atoms with Gasteiger partial charge in [0.1, 0.15) is 6.04 Å². The number of piperidine rings is 1. The normalized spacial score (nSPS) is 30.8. The van der Waals surface area contributed by atoms with E-state index in [9.17, 15) is 14.4 Å². The van der Waals surface area contributed by atoms with Crippen LogP contribution in [-0.2, 0) is 14.4 Å². The lowest BCUT2D eigenvalue weighted by Crippen LogP contribution is -2.52. The van der Waals surface area contributed by atoms with Gasteiger partial charge in [0.05, 0.1) is 11.8 Å². The van der Waals surface area contributed by atoms with Gasteiger partial charge >= 0.3 is 17.9 Å². The molecule has 0 spiro atoms. The fraction of sp³-hybridized carbons (Fsp3) is 0.625. The third kappa shape index (κ3) is 2.44. The maximum absolute atomic E-state index is 10.8. The molecule has 1 heterocycles. The van der Waals surface area contributed by atoms with Crippen LogP contribution in [0, 0.1) is 11.8 Å². The molecule has 0 saturated carbocycles. The highest BCUT2D eigenvalue weighted by atomic mass is 16.4. The molecule has 84 valence electrons. The van der Waals surface area contributed by atoms with Crippen molar-refractivity contribution in [3.05, 3.63) is 0 Å². The highest BCUT2D eigenvalue weighted by Gasteiger charge is 2.41. The molecule has 1 aliphatic heterocycles. The molecular formula is C8H11NO6. The molecule has 0 radical (unpaired) electrons. The number of carboxylic acid groups (broad SMARTS) is 3. The number of rotatable bonds is 3. The second-order valence-electron chi connectivity index (χ2n) is 3.42. The van der Waals surface area contributed by atoms with E-state index in [-0.39, 0.29) is 13.0 Å². The van der Waals surface area contributed by atoms with Gasteiger partial charge < -0.3 is 20.6 Å². The van der Waals surface area contributed by atoms with E-state index in [1.165, 1.54) is 0 Å². The van der Waals surface area contributed by atoms with Crippen molar-refractivity contribution in [1.82, 2.24) is 5.32 Å². The molecule has 7 heteroatoms. The number of aliphatic carboxylic acids is 3. The molecule has 1 rings (SSSR count). The summed E-state index contributed by atoms with van der Waals surface area (Å²) in [5.41, 5.74) is 0. The van der Waals surface area contributed by atoms with Crippen LogP contribution >= 0.6 is 0 Å². The van der Waals surface area contributed by atoms with Crippen molar-refractivity contribution < 1.29 is 29.7 Å². The standard InChI is InChI=1S/C8H11NO6/c10-6(11)3-1-5(8(14)15)9-2-4(3)7(12)13/h3-5,9H,1-2H2,(H,10,11)(H,12,13)(H,14,15)/t3-,4+,5-/m1/s1. The smallest absolute Gasteiger partial charge is 0.320 e. The average molecular weight is 217 g/mol. The Balaban J connectivity index is 2.78. The van der Waals surface area contributed by atoms with E-state index in [4.69, 9.17) is 15.3 Å². The second-order valence-corrected chi connectivity index (χ2v) is 3.42. The van der Waals surface area contributed by atoms with Gasteiger partial charge in [-0.3, -0.25) is 14.4 Å². The van der Waals surface area contributed by atoms with Crippen LogP contribution in [0.15, 0.2) is 0 Å². The fourth-order valence-electron chi connectivity index (χ4n) is 1.63. The lowest BCUT2D eigenvalue weighted by Gasteiger charge is -2.30. The van der Waals surface area contributed by atoms with Gasteiger partial charge in [-0.25, -0.2) is 0 Å². The van der Waals surface area contributed by atoms with Crippen molar-refractivity contribution in [2.45, 2.75) is 12.5 Å². The molecule has 0 amide bonds. The Morgan fingerprint density at radius 3 is 1.87 bits per heavy atom. The Morgan fingerprint density at radius 2 is 1.47 bits per heavy atom. The van der Waals surface area contributed by atoms with E-state index in [0.717, 1.165) is 0 Å². The van der Waals surface area contributed by atoms with E-state index in [1.54, 1.807) is 0 Å². The first-order chi connectivity index (χ1) is 6.93. The van der Waals surface area contributed by atoms with E-state index >= 15 is 0 Å². The van der Waals surface area contributed by atoms with Gasteiger partial charge in [0.25, 0.3) is 0 Å². The molecule has 0 aromatic rings. The first kappa shape index (κ1) is 11.4. The van der Waals surface area contributed by atoms with Gasteiger partial charge in [0.2, 0.25) is 0 Å². The van der Waals surface area contributed by atoms with Crippen molar-refractivity contribution >= 4 is 17.9 Å².